The highest BCUT2D eigenvalue weighted by molar-refractivity contribution is 7.89. The number of amides is 1. The van der Waals surface area contributed by atoms with Gasteiger partial charge in [0.2, 0.25) is 15.9 Å². The van der Waals surface area contributed by atoms with Crippen LogP contribution in [-0.2, 0) is 24.3 Å². The first-order chi connectivity index (χ1) is 15.4. The molecule has 0 radical (unpaired) electrons. The number of rotatable bonds is 9. The van der Waals surface area contributed by atoms with Crippen molar-refractivity contribution in [1.82, 2.24) is 14.5 Å². The van der Waals surface area contributed by atoms with Crippen LogP contribution >= 0.6 is 0 Å². The molecule has 0 aromatic heterocycles. The minimum atomic E-state index is -5.08. The molecule has 9 nitrogen and oxygen atoms in total. The van der Waals surface area contributed by atoms with Crippen LogP contribution in [0.2, 0.25) is 0 Å². The molecule has 1 saturated heterocycles. The third-order valence-electron chi connectivity index (χ3n) is 4.41. The number of benzene rings is 1. The first-order valence-electron chi connectivity index (χ1n) is 10.3. The molecule has 0 unspecified atom stereocenters. The van der Waals surface area contributed by atoms with E-state index in [9.17, 15) is 26.4 Å². The lowest BCUT2D eigenvalue weighted by atomic mass is 10.3. The number of carbonyl (C=O) groups is 2. The number of sulfonamides is 1. The molecular weight excluding hydrogens is 467 g/mol. The van der Waals surface area contributed by atoms with E-state index in [1.807, 2.05) is 13.8 Å². The highest BCUT2D eigenvalue weighted by atomic mass is 32.2. The zero-order valence-corrected chi connectivity index (χ0v) is 19.4. The van der Waals surface area contributed by atoms with E-state index < -0.39 is 22.2 Å². The molecular formula is C20H30F3N3O6S. The maximum atomic E-state index is 13.0. The van der Waals surface area contributed by atoms with Gasteiger partial charge in [0.1, 0.15) is 0 Å². The first kappa shape index (κ1) is 28.8. The van der Waals surface area contributed by atoms with Gasteiger partial charge in [0.15, 0.2) is 0 Å². The molecule has 0 saturated carbocycles. The number of ether oxygens (including phenoxy) is 1. The van der Waals surface area contributed by atoms with Crippen LogP contribution in [0.25, 0.3) is 0 Å². The lowest BCUT2D eigenvalue weighted by Gasteiger charge is -2.30. The summed E-state index contributed by atoms with van der Waals surface area (Å²) in [5.41, 5.74) is 0. The fourth-order valence-corrected chi connectivity index (χ4v) is 4.20. The summed E-state index contributed by atoms with van der Waals surface area (Å²) in [4.78, 5) is 23.4. The number of alkyl halides is 3. The molecule has 1 amide bonds. The number of hydrogen-bond donors (Lipinski definition) is 2. The third-order valence-corrected chi connectivity index (χ3v) is 6.27. The maximum Gasteiger partial charge on any atom is 0.490 e. The van der Waals surface area contributed by atoms with Crippen LogP contribution in [0.4, 0.5) is 13.2 Å². The summed E-state index contributed by atoms with van der Waals surface area (Å²) in [6, 6.07) is 8.26. The predicted octanol–water partition coefficient (Wildman–Crippen LogP) is 1.56. The van der Waals surface area contributed by atoms with Gasteiger partial charge in [-0.15, -0.1) is 0 Å². The molecule has 188 valence electrons. The van der Waals surface area contributed by atoms with Crippen molar-refractivity contribution in [2.24, 2.45) is 0 Å². The summed E-state index contributed by atoms with van der Waals surface area (Å²) in [7, 11) is -3.72. The van der Waals surface area contributed by atoms with Gasteiger partial charge in [-0.1, -0.05) is 18.2 Å². The molecule has 0 bridgehead atoms. The number of carboxylic acids is 1. The Hall–Kier alpha value is -2.22. The second-order valence-corrected chi connectivity index (χ2v) is 9.30. The minimum Gasteiger partial charge on any atom is -0.475 e. The molecule has 0 aliphatic carbocycles. The molecule has 1 aliphatic heterocycles. The van der Waals surface area contributed by atoms with E-state index in [0.29, 0.717) is 26.1 Å². The number of carbonyl (C=O) groups excluding carboxylic acids is 1. The third kappa shape index (κ3) is 10.5. The molecule has 1 aliphatic rings. The average Bonchev–Trinajstić information content (AvgIpc) is 2.76. The zero-order chi connectivity index (χ0) is 25.1. The first-order valence-corrected chi connectivity index (χ1v) is 11.7. The van der Waals surface area contributed by atoms with Crippen molar-refractivity contribution < 1.29 is 41.0 Å². The molecule has 1 aromatic rings. The Bertz CT molecular complexity index is 844. The average molecular weight is 498 g/mol. The summed E-state index contributed by atoms with van der Waals surface area (Å²) in [5, 5.41) is 10.3. The van der Waals surface area contributed by atoms with Gasteiger partial charge in [-0.25, -0.2) is 13.2 Å². The van der Waals surface area contributed by atoms with E-state index in [1.165, 1.54) is 4.31 Å². The number of halogens is 3. The summed E-state index contributed by atoms with van der Waals surface area (Å²) in [6.45, 7) is 7.13. The van der Waals surface area contributed by atoms with Gasteiger partial charge in [-0.05, 0) is 32.4 Å². The van der Waals surface area contributed by atoms with Gasteiger partial charge in [0, 0.05) is 39.3 Å². The largest absolute Gasteiger partial charge is 0.490 e. The van der Waals surface area contributed by atoms with Crippen LogP contribution in [0, 0.1) is 0 Å². The molecule has 2 N–H and O–H groups in total. The van der Waals surface area contributed by atoms with Crippen molar-refractivity contribution in [1.29, 1.82) is 0 Å². The normalized spacial score (nSPS) is 14.7. The molecule has 0 atom stereocenters. The second-order valence-electron chi connectivity index (χ2n) is 7.36. The van der Waals surface area contributed by atoms with Gasteiger partial charge in [-0.3, -0.25) is 4.79 Å². The summed E-state index contributed by atoms with van der Waals surface area (Å²) >= 11 is 0. The van der Waals surface area contributed by atoms with E-state index in [4.69, 9.17) is 14.6 Å². The van der Waals surface area contributed by atoms with Gasteiger partial charge in [0.25, 0.3) is 0 Å². The van der Waals surface area contributed by atoms with Crippen molar-refractivity contribution in [3.8, 4) is 0 Å². The Morgan fingerprint density at radius 1 is 1.18 bits per heavy atom. The predicted molar refractivity (Wildman–Crippen MR) is 114 cm³/mol. The van der Waals surface area contributed by atoms with Crippen LogP contribution < -0.4 is 5.32 Å². The van der Waals surface area contributed by atoms with Crippen molar-refractivity contribution >= 4 is 21.9 Å². The zero-order valence-electron chi connectivity index (χ0n) is 18.5. The fraction of sp³-hybridized carbons (Fsp3) is 0.600. The maximum absolute atomic E-state index is 13.0. The number of aliphatic carboxylic acids is 1. The molecule has 13 heteroatoms. The van der Waals surface area contributed by atoms with Gasteiger partial charge in [0.05, 0.1) is 17.5 Å². The fourth-order valence-electron chi connectivity index (χ4n) is 2.75. The molecule has 1 fully saturated rings. The summed E-state index contributed by atoms with van der Waals surface area (Å²) in [5.74, 6) is -2.91. The standard InChI is InChI=1S/C18H29N3O4S.C2HF3O2/c1-16(2)25-14-6-11-21(15-18(22)20-12-9-19-10-13-20)26(23,24)17-7-4-3-5-8-17;3-2(4,5)1(6)7/h3-5,7-8,16,19H,6,9-15H2,1-2H3;(H,6,7). The Balaban J connectivity index is 0.000000675. The van der Waals surface area contributed by atoms with Crippen LogP contribution in [0.1, 0.15) is 20.3 Å². The minimum absolute atomic E-state index is 0.0941. The van der Waals surface area contributed by atoms with E-state index in [2.05, 4.69) is 5.32 Å². The number of hydrogen-bond acceptors (Lipinski definition) is 6. The van der Waals surface area contributed by atoms with Crippen molar-refractivity contribution in [2.75, 3.05) is 45.9 Å². The number of nitrogens with zero attached hydrogens (tertiary/aromatic N) is 2. The van der Waals surface area contributed by atoms with Crippen LogP contribution in [0.15, 0.2) is 35.2 Å². The Labute approximate surface area is 191 Å². The van der Waals surface area contributed by atoms with E-state index in [0.717, 1.165) is 13.1 Å². The number of nitrogens with one attached hydrogen (secondary N) is 1. The second kappa shape index (κ2) is 13.5. The molecule has 1 heterocycles. The van der Waals surface area contributed by atoms with Gasteiger partial charge >= 0.3 is 12.1 Å². The molecule has 0 spiro atoms. The topological polar surface area (TPSA) is 116 Å². The van der Waals surface area contributed by atoms with Gasteiger partial charge < -0.3 is 20.1 Å². The van der Waals surface area contributed by atoms with Crippen LogP contribution in [-0.4, -0.2) is 92.8 Å². The Kier molecular flexibility index (Phi) is 11.8. The lowest BCUT2D eigenvalue weighted by Crippen LogP contribution is -2.50. The monoisotopic (exact) mass is 497 g/mol. The van der Waals surface area contributed by atoms with E-state index in [-0.39, 0.29) is 30.0 Å². The van der Waals surface area contributed by atoms with E-state index >= 15 is 0 Å². The van der Waals surface area contributed by atoms with Crippen molar-refractivity contribution in [2.45, 2.75) is 37.4 Å². The highest BCUT2D eigenvalue weighted by Gasteiger charge is 2.38. The van der Waals surface area contributed by atoms with E-state index in [1.54, 1.807) is 35.2 Å². The van der Waals surface area contributed by atoms with Crippen molar-refractivity contribution in [3.63, 3.8) is 0 Å². The smallest absolute Gasteiger partial charge is 0.475 e. The number of carboxylic acid groups (broad SMARTS) is 1. The molecule has 2 rings (SSSR count). The number of piperazine rings is 1. The molecule has 1 aromatic carbocycles. The summed E-state index contributed by atoms with van der Waals surface area (Å²) < 4.78 is 64.5. The lowest BCUT2D eigenvalue weighted by molar-refractivity contribution is -0.192. The highest BCUT2D eigenvalue weighted by Crippen LogP contribution is 2.16. The van der Waals surface area contributed by atoms with Gasteiger partial charge in [-0.2, -0.15) is 17.5 Å². The Morgan fingerprint density at radius 2 is 1.73 bits per heavy atom. The van der Waals surface area contributed by atoms with Crippen molar-refractivity contribution in [3.05, 3.63) is 30.3 Å². The summed E-state index contributed by atoms with van der Waals surface area (Å²) in [6.07, 6.45) is -4.45. The Morgan fingerprint density at radius 3 is 2.21 bits per heavy atom. The van der Waals surface area contributed by atoms with Crippen LogP contribution in [0.5, 0.6) is 0 Å². The molecule has 33 heavy (non-hydrogen) atoms. The SMILES string of the molecule is CC(C)OCCCN(CC(=O)N1CCNCC1)S(=O)(=O)c1ccccc1.O=C(O)C(F)(F)F. The quantitative estimate of drug-likeness (QED) is 0.498. The van der Waals surface area contributed by atoms with Crippen LogP contribution in [0.3, 0.4) is 0 Å².